The molecular formula is C9H7N3O3. The van der Waals surface area contributed by atoms with Gasteiger partial charge in [0.2, 0.25) is 0 Å². The molecule has 0 saturated heterocycles. The Kier molecular flexibility index (Phi) is 1.96. The topological polar surface area (TPSA) is 78.0 Å². The Morgan fingerprint density at radius 2 is 2.27 bits per heavy atom. The number of fused-ring (bicyclic) bond motifs is 1. The first-order valence-electron chi connectivity index (χ1n) is 4.20. The Morgan fingerprint density at radius 1 is 1.53 bits per heavy atom. The van der Waals surface area contributed by atoms with Crippen LogP contribution in [0.3, 0.4) is 0 Å². The second kappa shape index (κ2) is 3.16. The van der Waals surface area contributed by atoms with Gasteiger partial charge in [-0.1, -0.05) is 0 Å². The lowest BCUT2D eigenvalue weighted by atomic mass is 10.2. The Balaban J connectivity index is 2.79. The maximum atomic E-state index is 10.7. The van der Waals surface area contributed by atoms with Gasteiger partial charge < -0.3 is 0 Å². The first-order chi connectivity index (χ1) is 7.13. The molecule has 0 aliphatic carbocycles. The third-order valence-electron chi connectivity index (χ3n) is 2.18. The second-order valence-corrected chi connectivity index (χ2v) is 3.09. The molecule has 0 bridgehead atoms. The highest BCUT2D eigenvalue weighted by Crippen LogP contribution is 2.22. The summed E-state index contributed by atoms with van der Waals surface area (Å²) in [5.41, 5.74) is 0.873. The first-order valence-corrected chi connectivity index (χ1v) is 4.20. The minimum absolute atomic E-state index is 0.0430. The van der Waals surface area contributed by atoms with E-state index in [1.165, 1.54) is 16.8 Å². The summed E-state index contributed by atoms with van der Waals surface area (Å²) in [4.78, 5) is 20.7. The highest BCUT2D eigenvalue weighted by Gasteiger charge is 2.12. The van der Waals surface area contributed by atoms with E-state index in [2.05, 4.69) is 5.10 Å². The molecule has 1 aromatic heterocycles. The van der Waals surface area contributed by atoms with Crippen molar-refractivity contribution < 1.29 is 9.72 Å². The SMILES string of the molecule is Cn1nc(C=O)c2cc([N+](=O)[O-])ccc21. The van der Waals surface area contributed by atoms with Crippen molar-refractivity contribution in [1.29, 1.82) is 0 Å². The third kappa shape index (κ3) is 1.35. The third-order valence-corrected chi connectivity index (χ3v) is 2.18. The quantitative estimate of drug-likeness (QED) is 0.420. The van der Waals surface area contributed by atoms with Gasteiger partial charge in [-0.3, -0.25) is 19.6 Å². The van der Waals surface area contributed by atoms with Gasteiger partial charge in [0.05, 0.1) is 10.4 Å². The van der Waals surface area contributed by atoms with E-state index >= 15 is 0 Å². The smallest absolute Gasteiger partial charge is 0.270 e. The number of nitro groups is 1. The van der Waals surface area contributed by atoms with Crippen LogP contribution in [0.4, 0.5) is 5.69 Å². The van der Waals surface area contributed by atoms with E-state index in [0.29, 0.717) is 17.2 Å². The molecule has 1 heterocycles. The van der Waals surface area contributed by atoms with E-state index in [0.717, 1.165) is 0 Å². The largest absolute Gasteiger partial charge is 0.296 e. The van der Waals surface area contributed by atoms with Gasteiger partial charge in [-0.25, -0.2) is 0 Å². The summed E-state index contributed by atoms with van der Waals surface area (Å²) in [5, 5.41) is 15.0. The molecule has 0 amide bonds. The minimum Gasteiger partial charge on any atom is -0.296 e. The van der Waals surface area contributed by atoms with Crippen LogP contribution in [0, 0.1) is 10.1 Å². The summed E-state index contributed by atoms with van der Waals surface area (Å²) in [6.07, 6.45) is 0.589. The molecule has 6 nitrogen and oxygen atoms in total. The van der Waals surface area contributed by atoms with E-state index in [9.17, 15) is 14.9 Å². The van der Waals surface area contributed by atoms with E-state index in [-0.39, 0.29) is 11.4 Å². The van der Waals surface area contributed by atoms with Crippen molar-refractivity contribution in [3.05, 3.63) is 34.0 Å². The molecule has 1 aromatic carbocycles. The van der Waals surface area contributed by atoms with Crippen molar-refractivity contribution in [1.82, 2.24) is 9.78 Å². The number of hydrogen-bond acceptors (Lipinski definition) is 4. The van der Waals surface area contributed by atoms with Crippen LogP contribution in [0.1, 0.15) is 10.5 Å². The van der Waals surface area contributed by atoms with Gasteiger partial charge in [0.25, 0.3) is 5.69 Å². The van der Waals surface area contributed by atoms with Crippen LogP contribution in [0.25, 0.3) is 10.9 Å². The zero-order valence-electron chi connectivity index (χ0n) is 7.88. The van der Waals surface area contributed by atoms with Crippen molar-refractivity contribution in [2.75, 3.05) is 0 Å². The lowest BCUT2D eigenvalue weighted by molar-refractivity contribution is -0.384. The predicted molar refractivity (Wildman–Crippen MR) is 52.8 cm³/mol. The van der Waals surface area contributed by atoms with Gasteiger partial charge in [-0.05, 0) is 6.07 Å². The number of rotatable bonds is 2. The summed E-state index contributed by atoms with van der Waals surface area (Å²) in [5.74, 6) is 0. The molecular weight excluding hydrogens is 198 g/mol. The van der Waals surface area contributed by atoms with Crippen molar-refractivity contribution >= 4 is 22.9 Å². The Hall–Kier alpha value is -2.24. The van der Waals surface area contributed by atoms with Crippen LogP contribution in [0.5, 0.6) is 0 Å². The summed E-state index contributed by atoms with van der Waals surface area (Å²) < 4.78 is 1.52. The fourth-order valence-corrected chi connectivity index (χ4v) is 1.48. The van der Waals surface area contributed by atoms with Gasteiger partial charge in [-0.2, -0.15) is 5.10 Å². The van der Waals surface area contributed by atoms with Crippen LogP contribution in [-0.2, 0) is 7.05 Å². The molecule has 0 aliphatic rings. The van der Waals surface area contributed by atoms with Gasteiger partial charge in [0.1, 0.15) is 5.69 Å². The highest BCUT2D eigenvalue weighted by atomic mass is 16.6. The molecule has 0 unspecified atom stereocenters. The number of carbonyl (C=O) groups excluding carboxylic acids is 1. The van der Waals surface area contributed by atoms with Crippen LogP contribution in [0.2, 0.25) is 0 Å². The summed E-state index contributed by atoms with van der Waals surface area (Å²) >= 11 is 0. The van der Waals surface area contributed by atoms with Crippen LogP contribution < -0.4 is 0 Å². The standard InChI is InChI=1S/C9H7N3O3/c1-11-9-3-2-6(12(14)15)4-7(9)8(5-13)10-11/h2-5H,1H3. The molecule has 76 valence electrons. The van der Waals surface area contributed by atoms with Crippen molar-refractivity contribution in [3.8, 4) is 0 Å². The monoisotopic (exact) mass is 205 g/mol. The Bertz CT molecular complexity index is 559. The number of non-ortho nitro benzene ring substituents is 1. The van der Waals surface area contributed by atoms with Crippen LogP contribution >= 0.6 is 0 Å². The number of aryl methyl sites for hydroxylation is 1. The zero-order valence-corrected chi connectivity index (χ0v) is 7.88. The second-order valence-electron chi connectivity index (χ2n) is 3.09. The fraction of sp³-hybridized carbons (Fsp3) is 0.111. The minimum atomic E-state index is -0.499. The number of nitro benzene ring substituents is 1. The van der Waals surface area contributed by atoms with Gasteiger partial charge in [0.15, 0.2) is 6.29 Å². The maximum Gasteiger partial charge on any atom is 0.270 e. The molecule has 15 heavy (non-hydrogen) atoms. The molecule has 0 fully saturated rings. The highest BCUT2D eigenvalue weighted by molar-refractivity contribution is 5.96. The van der Waals surface area contributed by atoms with E-state index in [4.69, 9.17) is 0 Å². The first kappa shape index (κ1) is 9.32. The van der Waals surface area contributed by atoms with Crippen molar-refractivity contribution in [2.45, 2.75) is 0 Å². The number of nitrogens with zero attached hydrogens (tertiary/aromatic N) is 3. The van der Waals surface area contributed by atoms with Crippen molar-refractivity contribution in [2.24, 2.45) is 7.05 Å². The lowest BCUT2D eigenvalue weighted by Crippen LogP contribution is -1.90. The summed E-state index contributed by atoms with van der Waals surface area (Å²) in [6.45, 7) is 0. The fourth-order valence-electron chi connectivity index (χ4n) is 1.48. The Labute approximate surface area is 84.3 Å². The van der Waals surface area contributed by atoms with E-state index < -0.39 is 4.92 Å². The maximum absolute atomic E-state index is 10.7. The van der Waals surface area contributed by atoms with Gasteiger partial charge in [0, 0.05) is 24.6 Å². The molecule has 0 saturated carbocycles. The number of benzene rings is 1. The molecule has 0 radical (unpaired) electrons. The Morgan fingerprint density at radius 3 is 2.87 bits per heavy atom. The normalized spacial score (nSPS) is 10.5. The van der Waals surface area contributed by atoms with E-state index in [1.807, 2.05) is 0 Å². The molecule has 0 atom stereocenters. The molecule has 0 N–H and O–H groups in total. The number of aldehydes is 1. The molecule has 2 aromatic rings. The molecule has 6 heteroatoms. The number of carbonyl (C=O) groups is 1. The van der Waals surface area contributed by atoms with Gasteiger partial charge >= 0.3 is 0 Å². The summed E-state index contributed by atoms with van der Waals surface area (Å²) in [6, 6.07) is 4.32. The zero-order chi connectivity index (χ0) is 11.0. The molecule has 2 rings (SSSR count). The molecule has 0 spiro atoms. The summed E-state index contributed by atoms with van der Waals surface area (Å²) in [7, 11) is 1.68. The average molecular weight is 205 g/mol. The van der Waals surface area contributed by atoms with Crippen LogP contribution in [-0.4, -0.2) is 21.0 Å². The van der Waals surface area contributed by atoms with Crippen molar-refractivity contribution in [3.63, 3.8) is 0 Å². The predicted octanol–water partition coefficient (Wildman–Crippen LogP) is 1.29. The number of aromatic nitrogens is 2. The number of hydrogen-bond donors (Lipinski definition) is 0. The molecule has 0 aliphatic heterocycles. The van der Waals surface area contributed by atoms with E-state index in [1.54, 1.807) is 13.1 Å². The van der Waals surface area contributed by atoms with Gasteiger partial charge in [-0.15, -0.1) is 0 Å². The average Bonchev–Trinajstić information content (AvgIpc) is 2.55. The van der Waals surface area contributed by atoms with Crippen LogP contribution in [0.15, 0.2) is 18.2 Å². The lowest BCUT2D eigenvalue weighted by Gasteiger charge is -1.93.